The van der Waals surface area contributed by atoms with Crippen molar-refractivity contribution in [2.45, 2.75) is 77.6 Å². The fourth-order valence-corrected chi connectivity index (χ4v) is 3.05. The average Bonchev–Trinajstić information content (AvgIpc) is 2.62. The Kier molecular flexibility index (Phi) is 16.8. The van der Waals surface area contributed by atoms with Crippen molar-refractivity contribution in [2.24, 2.45) is 0 Å². The van der Waals surface area contributed by atoms with Gasteiger partial charge in [0.15, 0.2) is 0 Å². The highest BCUT2D eigenvalue weighted by atomic mass is 35.5. The Bertz CT molecular complexity index is 503. The van der Waals surface area contributed by atoms with Gasteiger partial charge in [-0.3, -0.25) is 4.79 Å². The van der Waals surface area contributed by atoms with Crippen molar-refractivity contribution in [2.75, 3.05) is 11.9 Å². The molecule has 0 aliphatic heterocycles. The monoisotopic (exact) mass is 399 g/mol. The van der Waals surface area contributed by atoms with E-state index >= 15 is 0 Å². The summed E-state index contributed by atoms with van der Waals surface area (Å²) in [5.74, 6) is 0. The molecule has 0 heterocycles. The highest BCUT2D eigenvalue weighted by molar-refractivity contribution is 6.68. The van der Waals surface area contributed by atoms with Crippen LogP contribution in [0.15, 0.2) is 36.4 Å². The molecule has 0 bridgehead atoms. The molecule has 0 aliphatic rings. The molecule has 0 spiro atoms. The summed E-state index contributed by atoms with van der Waals surface area (Å²) in [6, 6.07) is 7.39. The van der Waals surface area contributed by atoms with Crippen molar-refractivity contribution >= 4 is 34.9 Å². The number of carbonyl (C=O) groups excluding carboxylic acids is 1. The molecule has 0 aliphatic carbocycles. The largest absolute Gasteiger partial charge is 0.384 e. The maximum atomic E-state index is 11.3. The van der Waals surface area contributed by atoms with Gasteiger partial charge in [-0.2, -0.15) is 0 Å². The summed E-state index contributed by atoms with van der Waals surface area (Å²) in [7, 11) is 0. The molecule has 0 saturated carbocycles. The van der Waals surface area contributed by atoms with Gasteiger partial charge in [0.05, 0.1) is 5.56 Å². The number of nitrogens with one attached hydrogen (secondary N) is 1. The Labute approximate surface area is 171 Å². The predicted octanol–water partition coefficient (Wildman–Crippen LogP) is 7.77. The van der Waals surface area contributed by atoms with Crippen LogP contribution in [0, 0.1) is 0 Å². The van der Waals surface area contributed by atoms with E-state index in [2.05, 4.69) is 24.4 Å². The molecule has 1 aromatic rings. The van der Waals surface area contributed by atoms with Crippen LogP contribution in [0.3, 0.4) is 0 Å². The van der Waals surface area contributed by atoms with Crippen LogP contribution in [-0.4, -0.2) is 11.8 Å². The maximum Gasteiger partial charge on any atom is 0.254 e. The predicted molar refractivity (Wildman–Crippen MR) is 118 cm³/mol. The Morgan fingerprint density at radius 1 is 0.923 bits per heavy atom. The van der Waals surface area contributed by atoms with Gasteiger partial charge in [-0.25, -0.2) is 0 Å². The van der Waals surface area contributed by atoms with E-state index in [1.807, 2.05) is 18.2 Å². The van der Waals surface area contributed by atoms with E-state index in [1.54, 1.807) is 6.07 Å². The second-order valence-corrected chi connectivity index (χ2v) is 6.97. The van der Waals surface area contributed by atoms with Gasteiger partial charge in [-0.05, 0) is 49.4 Å². The number of anilines is 1. The highest BCUT2D eigenvalue weighted by Crippen LogP contribution is 2.17. The summed E-state index contributed by atoms with van der Waals surface area (Å²) in [4.78, 5) is 11.3. The maximum absolute atomic E-state index is 11.3. The summed E-state index contributed by atoms with van der Waals surface area (Å²) in [6.45, 7) is 3.12. The minimum absolute atomic E-state index is 0. The first-order valence-corrected chi connectivity index (χ1v) is 10.3. The van der Waals surface area contributed by atoms with Crippen LogP contribution in [0.1, 0.15) is 87.9 Å². The number of rotatable bonds is 15. The molecule has 0 fully saturated rings. The minimum atomic E-state index is -0.409. The quantitative estimate of drug-likeness (QED) is 0.185. The molecule has 0 amide bonds. The molecule has 26 heavy (non-hydrogen) atoms. The van der Waals surface area contributed by atoms with E-state index in [-0.39, 0.29) is 12.4 Å². The van der Waals surface area contributed by atoms with Crippen LogP contribution < -0.4 is 5.32 Å². The third-order valence-electron chi connectivity index (χ3n) is 4.39. The highest BCUT2D eigenvalue weighted by Gasteiger charge is 2.06. The fraction of sp³-hybridized carbons (Fsp3) is 0.591. The smallest absolute Gasteiger partial charge is 0.254 e. The van der Waals surface area contributed by atoms with Crippen molar-refractivity contribution in [3.8, 4) is 0 Å². The summed E-state index contributed by atoms with van der Waals surface area (Å²) in [5.41, 5.74) is 1.37. The van der Waals surface area contributed by atoms with Gasteiger partial charge in [0.1, 0.15) is 0 Å². The van der Waals surface area contributed by atoms with Gasteiger partial charge in [-0.1, -0.05) is 76.2 Å². The third kappa shape index (κ3) is 12.4. The van der Waals surface area contributed by atoms with Crippen LogP contribution in [0.4, 0.5) is 5.69 Å². The topological polar surface area (TPSA) is 29.1 Å². The summed E-state index contributed by atoms with van der Waals surface area (Å²) < 4.78 is 0. The lowest BCUT2D eigenvalue weighted by Crippen LogP contribution is -2.05. The molecule has 0 saturated heterocycles. The molecule has 0 aromatic heterocycles. The number of allylic oxidation sites excluding steroid dienone is 2. The van der Waals surface area contributed by atoms with Crippen LogP contribution in [-0.2, 0) is 0 Å². The van der Waals surface area contributed by atoms with E-state index < -0.39 is 5.24 Å². The number of hydrogen-bond acceptors (Lipinski definition) is 2. The van der Waals surface area contributed by atoms with Crippen molar-refractivity contribution in [3.05, 3.63) is 42.0 Å². The molecule has 1 rings (SSSR count). The summed E-state index contributed by atoms with van der Waals surface area (Å²) >= 11 is 5.58. The molecule has 0 radical (unpaired) electrons. The normalized spacial score (nSPS) is 10.7. The van der Waals surface area contributed by atoms with Crippen LogP contribution in [0.2, 0.25) is 0 Å². The number of carbonyl (C=O) groups is 1. The number of unbranched alkanes of at least 4 members (excludes halogenated alkanes) is 9. The lowest BCUT2D eigenvalue weighted by atomic mass is 10.1. The fourth-order valence-electron chi connectivity index (χ4n) is 2.88. The van der Waals surface area contributed by atoms with Gasteiger partial charge in [0.2, 0.25) is 0 Å². The molecular weight excluding hydrogens is 365 g/mol. The lowest BCUT2D eigenvalue weighted by Gasteiger charge is -2.08. The van der Waals surface area contributed by atoms with Crippen LogP contribution >= 0.6 is 24.0 Å². The molecule has 148 valence electrons. The van der Waals surface area contributed by atoms with E-state index in [4.69, 9.17) is 11.6 Å². The number of halogens is 2. The Morgan fingerprint density at radius 2 is 1.50 bits per heavy atom. The molecule has 1 aromatic carbocycles. The van der Waals surface area contributed by atoms with E-state index in [0.717, 1.165) is 25.1 Å². The SMILES string of the molecule is CCCCCCCCCC/C=C/CCCNc1ccccc1C(=O)Cl.Cl. The standard InChI is InChI=1S/C22H34ClNO.ClH/c1-2-3-4-5-6-7-8-9-10-11-12-13-16-19-24-21-18-15-14-17-20(21)22(23)25;/h11-12,14-15,17-18,24H,2-10,13,16,19H2,1H3;1H/b12-11+;. The van der Waals surface area contributed by atoms with Gasteiger partial charge >= 0.3 is 0 Å². The van der Waals surface area contributed by atoms with E-state index in [9.17, 15) is 4.79 Å². The van der Waals surface area contributed by atoms with Crippen LogP contribution in [0.25, 0.3) is 0 Å². The molecule has 4 heteroatoms. The lowest BCUT2D eigenvalue weighted by molar-refractivity contribution is 0.108. The zero-order valence-electron chi connectivity index (χ0n) is 16.1. The molecule has 1 N–H and O–H groups in total. The Hall–Kier alpha value is -0.990. The first-order chi connectivity index (χ1) is 12.3. The zero-order chi connectivity index (χ0) is 18.2. The minimum Gasteiger partial charge on any atom is -0.384 e. The van der Waals surface area contributed by atoms with Gasteiger partial charge in [0.25, 0.3) is 5.24 Å². The number of para-hydroxylation sites is 1. The Morgan fingerprint density at radius 3 is 2.15 bits per heavy atom. The van der Waals surface area contributed by atoms with Crippen molar-refractivity contribution in [1.29, 1.82) is 0 Å². The first kappa shape index (κ1) is 25.0. The number of benzene rings is 1. The van der Waals surface area contributed by atoms with E-state index in [0.29, 0.717) is 5.56 Å². The third-order valence-corrected chi connectivity index (χ3v) is 4.60. The van der Waals surface area contributed by atoms with Gasteiger partial charge in [-0.15, -0.1) is 12.4 Å². The molecule has 0 atom stereocenters. The molecular formula is C22H35Cl2NO. The van der Waals surface area contributed by atoms with Crippen molar-refractivity contribution < 1.29 is 4.79 Å². The second kappa shape index (κ2) is 17.4. The first-order valence-electron chi connectivity index (χ1n) is 9.93. The van der Waals surface area contributed by atoms with Gasteiger partial charge < -0.3 is 5.32 Å². The number of hydrogen-bond donors (Lipinski definition) is 1. The van der Waals surface area contributed by atoms with Crippen molar-refractivity contribution in [1.82, 2.24) is 0 Å². The molecule has 0 unspecified atom stereocenters. The molecule has 2 nitrogen and oxygen atoms in total. The van der Waals surface area contributed by atoms with Crippen LogP contribution in [0.5, 0.6) is 0 Å². The Balaban J connectivity index is 0.00000625. The van der Waals surface area contributed by atoms with Crippen molar-refractivity contribution in [3.63, 3.8) is 0 Å². The van der Waals surface area contributed by atoms with E-state index in [1.165, 1.54) is 57.8 Å². The second-order valence-electron chi connectivity index (χ2n) is 6.62. The zero-order valence-corrected chi connectivity index (χ0v) is 17.7. The summed E-state index contributed by atoms with van der Waals surface area (Å²) in [5, 5.41) is 2.89. The van der Waals surface area contributed by atoms with Gasteiger partial charge in [0, 0.05) is 12.2 Å². The average molecular weight is 400 g/mol. The summed E-state index contributed by atoms with van der Waals surface area (Å²) in [6.07, 6.45) is 18.9.